The lowest BCUT2D eigenvalue weighted by Crippen LogP contribution is -2.15. The molecule has 0 atom stereocenters. The number of nitrogens with zero attached hydrogens (tertiary/aromatic N) is 1. The number of nitrogens with two attached hydrogens (primary N) is 1. The van der Waals surface area contributed by atoms with Gasteiger partial charge in [-0.1, -0.05) is 0 Å². The van der Waals surface area contributed by atoms with E-state index in [1.165, 1.54) is 7.11 Å². The molecule has 0 fully saturated rings. The number of nitrogens with one attached hydrogen (secondary N) is 2. The number of hydrogen-bond donors (Lipinski definition) is 3. The maximum absolute atomic E-state index is 12.2. The summed E-state index contributed by atoms with van der Waals surface area (Å²) in [6.07, 6.45) is 0. The highest BCUT2D eigenvalue weighted by Crippen LogP contribution is 2.33. The summed E-state index contributed by atoms with van der Waals surface area (Å²) in [4.78, 5) is 12.2. The van der Waals surface area contributed by atoms with Gasteiger partial charge in [-0.05, 0) is 25.5 Å². The number of hydrogen-bond acceptors (Lipinski definition) is 5. The Bertz CT molecular complexity index is 679. The van der Waals surface area contributed by atoms with Gasteiger partial charge in [0.25, 0.3) is 5.91 Å². The molecular formula is C14H18N4O3. The Kier molecular flexibility index (Phi) is 4.02. The molecule has 0 saturated carbocycles. The standard InChI is InChI=1S/C14H18N4O3/c1-7-5-10(20-3)11(21-4)6-9(7)16-14(19)13-12(15)8(2)17-18-13/h5-6H,15H2,1-4H3,(H,16,19)(H,17,18). The highest BCUT2D eigenvalue weighted by atomic mass is 16.5. The fraction of sp³-hybridized carbons (Fsp3) is 0.286. The Labute approximate surface area is 122 Å². The molecule has 2 rings (SSSR count). The first-order valence-electron chi connectivity index (χ1n) is 6.32. The molecule has 0 radical (unpaired) electrons. The summed E-state index contributed by atoms with van der Waals surface area (Å²) >= 11 is 0. The summed E-state index contributed by atoms with van der Waals surface area (Å²) in [5.41, 5.74) is 8.41. The van der Waals surface area contributed by atoms with Gasteiger partial charge in [-0.25, -0.2) is 0 Å². The van der Waals surface area contributed by atoms with E-state index in [2.05, 4.69) is 15.5 Å². The van der Waals surface area contributed by atoms with Crippen LogP contribution in [-0.4, -0.2) is 30.3 Å². The lowest BCUT2D eigenvalue weighted by atomic mass is 10.1. The topological polar surface area (TPSA) is 102 Å². The fourth-order valence-electron chi connectivity index (χ4n) is 1.91. The van der Waals surface area contributed by atoms with Gasteiger partial charge >= 0.3 is 0 Å². The summed E-state index contributed by atoms with van der Waals surface area (Å²) in [6.45, 7) is 3.61. The van der Waals surface area contributed by atoms with E-state index in [0.717, 1.165) is 5.56 Å². The average Bonchev–Trinajstić information content (AvgIpc) is 2.80. The molecule has 7 heteroatoms. The van der Waals surface area contributed by atoms with Gasteiger partial charge in [-0.3, -0.25) is 9.89 Å². The van der Waals surface area contributed by atoms with Gasteiger partial charge in [0.1, 0.15) is 0 Å². The summed E-state index contributed by atoms with van der Waals surface area (Å²) < 4.78 is 10.4. The number of H-pyrrole nitrogens is 1. The molecule has 1 aromatic heterocycles. The van der Waals surface area contributed by atoms with Crippen molar-refractivity contribution in [3.05, 3.63) is 29.1 Å². The molecule has 4 N–H and O–H groups in total. The lowest BCUT2D eigenvalue weighted by molar-refractivity contribution is 0.102. The first kappa shape index (κ1) is 14.7. The monoisotopic (exact) mass is 290 g/mol. The first-order chi connectivity index (χ1) is 9.97. The van der Waals surface area contributed by atoms with Crippen LogP contribution in [0.25, 0.3) is 0 Å². The van der Waals surface area contributed by atoms with Crippen LogP contribution in [0.3, 0.4) is 0 Å². The van der Waals surface area contributed by atoms with Crippen LogP contribution in [-0.2, 0) is 0 Å². The van der Waals surface area contributed by atoms with Crippen molar-refractivity contribution in [3.63, 3.8) is 0 Å². The number of aromatic amines is 1. The third-order valence-electron chi connectivity index (χ3n) is 3.19. The van der Waals surface area contributed by atoms with Crippen LogP contribution in [0.15, 0.2) is 12.1 Å². The van der Waals surface area contributed by atoms with Crippen LogP contribution < -0.4 is 20.5 Å². The Hall–Kier alpha value is -2.70. The van der Waals surface area contributed by atoms with Gasteiger partial charge in [0.15, 0.2) is 17.2 Å². The Morgan fingerprint density at radius 3 is 2.38 bits per heavy atom. The van der Waals surface area contributed by atoms with Crippen molar-refractivity contribution < 1.29 is 14.3 Å². The third-order valence-corrected chi connectivity index (χ3v) is 3.19. The summed E-state index contributed by atoms with van der Waals surface area (Å²) in [6, 6.07) is 3.48. The molecule has 1 aromatic carbocycles. The summed E-state index contributed by atoms with van der Waals surface area (Å²) in [5.74, 6) is 0.750. The van der Waals surface area contributed by atoms with E-state index >= 15 is 0 Å². The van der Waals surface area contributed by atoms with Crippen LogP contribution in [0.5, 0.6) is 11.5 Å². The number of aromatic nitrogens is 2. The van der Waals surface area contributed by atoms with E-state index in [1.807, 2.05) is 6.92 Å². The largest absolute Gasteiger partial charge is 0.493 e. The molecule has 1 amide bonds. The van der Waals surface area contributed by atoms with Crippen molar-refractivity contribution in [1.82, 2.24) is 10.2 Å². The van der Waals surface area contributed by atoms with Crippen molar-refractivity contribution in [2.45, 2.75) is 13.8 Å². The minimum Gasteiger partial charge on any atom is -0.493 e. The number of carbonyl (C=O) groups excluding carboxylic acids is 1. The first-order valence-corrected chi connectivity index (χ1v) is 6.32. The van der Waals surface area contributed by atoms with Gasteiger partial charge in [0.2, 0.25) is 0 Å². The second kappa shape index (κ2) is 5.74. The Balaban J connectivity index is 2.31. The minimum atomic E-state index is -0.382. The molecule has 1 heterocycles. The molecule has 2 aromatic rings. The third kappa shape index (κ3) is 2.76. The van der Waals surface area contributed by atoms with Crippen LogP contribution in [0.4, 0.5) is 11.4 Å². The van der Waals surface area contributed by atoms with Crippen LogP contribution in [0, 0.1) is 13.8 Å². The number of methoxy groups -OCH3 is 2. The van der Waals surface area contributed by atoms with Gasteiger partial charge in [0, 0.05) is 11.8 Å². The molecule has 0 saturated heterocycles. The Morgan fingerprint density at radius 2 is 1.86 bits per heavy atom. The van der Waals surface area contributed by atoms with Crippen LogP contribution in [0.1, 0.15) is 21.7 Å². The lowest BCUT2D eigenvalue weighted by Gasteiger charge is -2.13. The molecule has 0 bridgehead atoms. The van der Waals surface area contributed by atoms with Gasteiger partial charge in [0.05, 0.1) is 25.6 Å². The van der Waals surface area contributed by atoms with E-state index in [1.54, 1.807) is 26.2 Å². The Morgan fingerprint density at radius 1 is 1.24 bits per heavy atom. The zero-order chi connectivity index (χ0) is 15.6. The number of aryl methyl sites for hydroxylation is 2. The molecule has 112 valence electrons. The van der Waals surface area contributed by atoms with E-state index in [0.29, 0.717) is 28.6 Å². The maximum Gasteiger partial charge on any atom is 0.278 e. The van der Waals surface area contributed by atoms with Crippen molar-refractivity contribution in [1.29, 1.82) is 0 Å². The van der Waals surface area contributed by atoms with Crippen molar-refractivity contribution >= 4 is 17.3 Å². The SMILES string of the molecule is COc1cc(C)c(NC(=O)c2n[nH]c(C)c2N)cc1OC. The van der Waals surface area contributed by atoms with Gasteiger partial charge in [-0.15, -0.1) is 0 Å². The molecule has 0 unspecified atom stereocenters. The predicted octanol–water partition coefficient (Wildman–Crippen LogP) is 1.88. The molecular weight excluding hydrogens is 272 g/mol. The number of carbonyl (C=O) groups is 1. The number of amides is 1. The van der Waals surface area contributed by atoms with E-state index in [9.17, 15) is 4.79 Å². The molecule has 0 aliphatic carbocycles. The normalized spacial score (nSPS) is 10.3. The minimum absolute atomic E-state index is 0.168. The van der Waals surface area contributed by atoms with Crippen LogP contribution in [0.2, 0.25) is 0 Å². The number of anilines is 2. The fourth-order valence-corrected chi connectivity index (χ4v) is 1.91. The zero-order valence-electron chi connectivity index (χ0n) is 12.4. The summed E-state index contributed by atoms with van der Waals surface area (Å²) in [7, 11) is 3.09. The second-order valence-corrected chi connectivity index (χ2v) is 4.59. The van der Waals surface area contributed by atoms with E-state index < -0.39 is 0 Å². The maximum atomic E-state index is 12.2. The molecule has 7 nitrogen and oxygen atoms in total. The van der Waals surface area contributed by atoms with Gasteiger partial charge in [-0.2, -0.15) is 5.10 Å². The number of benzene rings is 1. The zero-order valence-corrected chi connectivity index (χ0v) is 12.4. The van der Waals surface area contributed by atoms with Gasteiger partial charge < -0.3 is 20.5 Å². The highest BCUT2D eigenvalue weighted by Gasteiger charge is 2.17. The number of nitrogen functional groups attached to an aromatic ring is 1. The molecule has 21 heavy (non-hydrogen) atoms. The molecule has 0 aliphatic heterocycles. The summed E-state index contributed by atoms with van der Waals surface area (Å²) in [5, 5.41) is 9.35. The van der Waals surface area contributed by atoms with Crippen molar-refractivity contribution in [2.75, 3.05) is 25.3 Å². The predicted molar refractivity (Wildman–Crippen MR) is 80.0 cm³/mol. The van der Waals surface area contributed by atoms with Crippen molar-refractivity contribution in [2.24, 2.45) is 0 Å². The quantitative estimate of drug-likeness (QED) is 0.798. The van der Waals surface area contributed by atoms with E-state index in [4.69, 9.17) is 15.2 Å². The van der Waals surface area contributed by atoms with Crippen molar-refractivity contribution in [3.8, 4) is 11.5 Å². The van der Waals surface area contributed by atoms with Crippen LogP contribution >= 0.6 is 0 Å². The smallest absolute Gasteiger partial charge is 0.278 e. The highest BCUT2D eigenvalue weighted by molar-refractivity contribution is 6.07. The number of rotatable bonds is 4. The van der Waals surface area contributed by atoms with E-state index in [-0.39, 0.29) is 11.6 Å². The molecule has 0 spiro atoms. The average molecular weight is 290 g/mol. The number of ether oxygens (including phenoxy) is 2. The second-order valence-electron chi connectivity index (χ2n) is 4.59. The molecule has 0 aliphatic rings.